The van der Waals surface area contributed by atoms with E-state index >= 15 is 0 Å². The molecule has 0 amide bonds. The summed E-state index contributed by atoms with van der Waals surface area (Å²) in [4.78, 5) is 4.03. The zero-order chi connectivity index (χ0) is 9.26. The predicted molar refractivity (Wildman–Crippen MR) is 49.3 cm³/mol. The smallest absolute Gasteiger partial charge is 0.140 e. The van der Waals surface area contributed by atoms with Gasteiger partial charge in [-0.1, -0.05) is 18.2 Å². The molecular weight excluding hydrogens is 166 g/mol. The highest BCUT2D eigenvalue weighted by Crippen LogP contribution is 2.24. The summed E-state index contributed by atoms with van der Waals surface area (Å²) < 4.78 is 0. The Balaban J connectivity index is 2.84. The number of aliphatic hydroxyl groups is 1. The Bertz CT molecular complexity index is 440. The number of aromatic hydroxyl groups is 1. The minimum absolute atomic E-state index is 0.0428. The summed E-state index contributed by atoms with van der Waals surface area (Å²) >= 11 is 0. The molecule has 0 saturated heterocycles. The molecule has 0 unspecified atom stereocenters. The number of rotatable bonds is 1. The molecule has 0 aliphatic carbocycles. The number of fused-ring (bicyclic) bond motifs is 1. The fourth-order valence-corrected chi connectivity index (χ4v) is 1.35. The molecular formula is C10H9NO2. The molecule has 2 N–H and O–H groups in total. The molecule has 66 valence electrons. The molecule has 1 aromatic heterocycles. The third-order valence-corrected chi connectivity index (χ3v) is 2.02. The summed E-state index contributed by atoms with van der Waals surface area (Å²) in [6, 6.07) is 7.39. The van der Waals surface area contributed by atoms with Crippen LogP contribution in [0.5, 0.6) is 5.75 Å². The molecule has 0 aliphatic rings. The first kappa shape index (κ1) is 8.01. The van der Waals surface area contributed by atoms with E-state index in [1.807, 2.05) is 24.3 Å². The number of benzene rings is 1. The molecule has 0 aliphatic heterocycles. The summed E-state index contributed by atoms with van der Waals surface area (Å²) in [7, 11) is 0. The number of pyridine rings is 1. The third kappa shape index (κ3) is 1.23. The molecule has 13 heavy (non-hydrogen) atoms. The highest BCUT2D eigenvalue weighted by molar-refractivity contribution is 5.83. The summed E-state index contributed by atoms with van der Waals surface area (Å²) in [5.41, 5.74) is 1.31. The molecule has 0 saturated carbocycles. The summed E-state index contributed by atoms with van der Waals surface area (Å²) in [6.07, 6.45) is 1.36. The van der Waals surface area contributed by atoms with Gasteiger partial charge in [-0.05, 0) is 6.07 Å². The molecule has 0 spiro atoms. The van der Waals surface area contributed by atoms with Crippen molar-refractivity contribution in [3.05, 3.63) is 36.0 Å². The molecule has 1 heterocycles. The van der Waals surface area contributed by atoms with E-state index in [2.05, 4.69) is 4.98 Å². The first-order valence-electron chi connectivity index (χ1n) is 3.99. The third-order valence-electron chi connectivity index (χ3n) is 2.02. The fraction of sp³-hybridized carbons (Fsp3) is 0.100. The van der Waals surface area contributed by atoms with E-state index in [9.17, 15) is 5.11 Å². The van der Waals surface area contributed by atoms with Gasteiger partial charge in [0.25, 0.3) is 0 Å². The summed E-state index contributed by atoms with van der Waals surface area (Å²) in [6.45, 7) is -0.172. The lowest BCUT2D eigenvalue weighted by Crippen LogP contribution is -1.88. The van der Waals surface area contributed by atoms with Gasteiger partial charge in [0.15, 0.2) is 0 Å². The van der Waals surface area contributed by atoms with Gasteiger partial charge < -0.3 is 10.2 Å². The first-order valence-corrected chi connectivity index (χ1v) is 3.99. The molecule has 3 nitrogen and oxygen atoms in total. The highest BCUT2D eigenvalue weighted by atomic mass is 16.3. The largest absolute Gasteiger partial charge is 0.506 e. The second-order valence-corrected chi connectivity index (χ2v) is 2.80. The van der Waals surface area contributed by atoms with Gasteiger partial charge in [0.2, 0.25) is 0 Å². The monoisotopic (exact) mass is 175 g/mol. The lowest BCUT2D eigenvalue weighted by molar-refractivity contribution is 0.277. The topological polar surface area (TPSA) is 53.4 Å². The van der Waals surface area contributed by atoms with Crippen LogP contribution in [0.15, 0.2) is 30.5 Å². The van der Waals surface area contributed by atoms with E-state index in [1.54, 1.807) is 0 Å². The second-order valence-electron chi connectivity index (χ2n) is 2.80. The maximum atomic E-state index is 9.39. The molecule has 1 aromatic carbocycles. The molecule has 0 atom stereocenters. The normalized spacial score (nSPS) is 10.5. The van der Waals surface area contributed by atoms with Gasteiger partial charge in [-0.15, -0.1) is 0 Å². The van der Waals surface area contributed by atoms with E-state index in [0.717, 1.165) is 10.9 Å². The Kier molecular flexibility index (Phi) is 1.87. The van der Waals surface area contributed by atoms with Gasteiger partial charge in [-0.3, -0.25) is 4.98 Å². The van der Waals surface area contributed by atoms with Gasteiger partial charge in [-0.2, -0.15) is 0 Å². The van der Waals surface area contributed by atoms with E-state index in [4.69, 9.17) is 5.11 Å². The SMILES string of the molecule is OCc1c(O)cnc2ccccc12. The zero-order valence-corrected chi connectivity index (χ0v) is 6.94. The van der Waals surface area contributed by atoms with Crippen molar-refractivity contribution >= 4 is 10.9 Å². The number of aliphatic hydroxyl groups excluding tert-OH is 1. The zero-order valence-electron chi connectivity index (χ0n) is 6.94. The number of nitrogens with zero attached hydrogens (tertiary/aromatic N) is 1. The minimum atomic E-state index is -0.172. The van der Waals surface area contributed by atoms with Crippen molar-refractivity contribution in [1.82, 2.24) is 4.98 Å². The Labute approximate surface area is 75.3 Å². The van der Waals surface area contributed by atoms with Crippen LogP contribution in [-0.2, 0) is 6.61 Å². The number of para-hydroxylation sites is 1. The Morgan fingerprint density at radius 2 is 2.00 bits per heavy atom. The maximum absolute atomic E-state index is 9.39. The molecule has 0 fully saturated rings. The van der Waals surface area contributed by atoms with Crippen LogP contribution in [0.25, 0.3) is 10.9 Å². The fourth-order valence-electron chi connectivity index (χ4n) is 1.35. The first-order chi connectivity index (χ1) is 6.33. The van der Waals surface area contributed by atoms with Crippen LogP contribution >= 0.6 is 0 Å². The lowest BCUT2D eigenvalue weighted by Gasteiger charge is -2.04. The van der Waals surface area contributed by atoms with Crippen molar-refractivity contribution in [2.24, 2.45) is 0 Å². The van der Waals surface area contributed by atoms with E-state index < -0.39 is 0 Å². The van der Waals surface area contributed by atoms with Crippen LogP contribution < -0.4 is 0 Å². The van der Waals surface area contributed by atoms with Crippen molar-refractivity contribution in [3.8, 4) is 5.75 Å². The molecule has 3 heteroatoms. The van der Waals surface area contributed by atoms with Gasteiger partial charge in [-0.25, -0.2) is 0 Å². The minimum Gasteiger partial charge on any atom is -0.506 e. The number of hydrogen-bond donors (Lipinski definition) is 2. The van der Waals surface area contributed by atoms with Crippen LogP contribution in [0.2, 0.25) is 0 Å². The second kappa shape index (κ2) is 3.03. The maximum Gasteiger partial charge on any atom is 0.140 e. The molecule has 0 bridgehead atoms. The summed E-state index contributed by atoms with van der Waals surface area (Å²) in [5.74, 6) is 0.0428. The van der Waals surface area contributed by atoms with E-state index in [1.165, 1.54) is 6.20 Å². The lowest BCUT2D eigenvalue weighted by atomic mass is 10.1. The van der Waals surface area contributed by atoms with Crippen molar-refractivity contribution in [2.45, 2.75) is 6.61 Å². The average Bonchev–Trinajstić information content (AvgIpc) is 2.18. The number of hydrogen-bond acceptors (Lipinski definition) is 3. The molecule has 2 aromatic rings. The van der Waals surface area contributed by atoms with Crippen molar-refractivity contribution in [3.63, 3.8) is 0 Å². The van der Waals surface area contributed by atoms with E-state index in [0.29, 0.717) is 5.56 Å². The van der Waals surface area contributed by atoms with Crippen LogP contribution in [0.3, 0.4) is 0 Å². The molecule has 2 rings (SSSR count). The Hall–Kier alpha value is -1.61. The Morgan fingerprint density at radius 1 is 1.23 bits per heavy atom. The molecule has 0 radical (unpaired) electrons. The van der Waals surface area contributed by atoms with Gasteiger partial charge in [0.05, 0.1) is 18.3 Å². The van der Waals surface area contributed by atoms with Crippen molar-refractivity contribution in [1.29, 1.82) is 0 Å². The average molecular weight is 175 g/mol. The standard InChI is InChI=1S/C10H9NO2/c12-6-8-7-3-1-2-4-9(7)11-5-10(8)13/h1-5,12-13H,6H2. The summed E-state index contributed by atoms with van der Waals surface area (Å²) in [5, 5.41) is 19.2. The number of aromatic nitrogens is 1. The predicted octanol–water partition coefficient (Wildman–Crippen LogP) is 1.43. The van der Waals surface area contributed by atoms with E-state index in [-0.39, 0.29) is 12.4 Å². The van der Waals surface area contributed by atoms with Crippen molar-refractivity contribution < 1.29 is 10.2 Å². The van der Waals surface area contributed by atoms with Gasteiger partial charge >= 0.3 is 0 Å². The highest BCUT2D eigenvalue weighted by Gasteiger charge is 2.05. The van der Waals surface area contributed by atoms with Gasteiger partial charge in [0, 0.05) is 10.9 Å². The Morgan fingerprint density at radius 3 is 2.77 bits per heavy atom. The van der Waals surface area contributed by atoms with Crippen LogP contribution in [-0.4, -0.2) is 15.2 Å². The van der Waals surface area contributed by atoms with Crippen LogP contribution in [0.4, 0.5) is 0 Å². The van der Waals surface area contributed by atoms with Gasteiger partial charge in [0.1, 0.15) is 5.75 Å². The quantitative estimate of drug-likeness (QED) is 0.689. The van der Waals surface area contributed by atoms with Crippen molar-refractivity contribution in [2.75, 3.05) is 0 Å². The van der Waals surface area contributed by atoms with Crippen LogP contribution in [0.1, 0.15) is 5.56 Å². The van der Waals surface area contributed by atoms with Crippen LogP contribution in [0, 0.1) is 0 Å².